The number of hydrogen-bond acceptors (Lipinski definition) is 3. The summed E-state index contributed by atoms with van der Waals surface area (Å²) in [6.45, 7) is 2.02. The van der Waals surface area contributed by atoms with Crippen LogP contribution in [0.4, 0.5) is 0 Å². The SMILES string of the molecule is Cc1ccc(Oc2ccc(CS(=O)[O-])cc2)cc1. The van der Waals surface area contributed by atoms with E-state index in [9.17, 15) is 8.76 Å². The zero-order valence-electron chi connectivity index (χ0n) is 9.96. The van der Waals surface area contributed by atoms with Crippen molar-refractivity contribution in [3.8, 4) is 11.5 Å². The Morgan fingerprint density at radius 1 is 1.00 bits per heavy atom. The smallest absolute Gasteiger partial charge is 0.127 e. The first kappa shape index (κ1) is 12.8. The molecule has 0 saturated heterocycles. The summed E-state index contributed by atoms with van der Waals surface area (Å²) in [5.74, 6) is 1.49. The van der Waals surface area contributed by atoms with E-state index in [1.165, 1.54) is 5.56 Å². The van der Waals surface area contributed by atoms with Gasteiger partial charge < -0.3 is 9.29 Å². The summed E-state index contributed by atoms with van der Waals surface area (Å²) in [6, 6.07) is 14.8. The first-order valence-electron chi connectivity index (χ1n) is 5.53. The number of ether oxygens (including phenoxy) is 1. The zero-order valence-corrected chi connectivity index (χ0v) is 10.8. The molecule has 0 heterocycles. The van der Waals surface area contributed by atoms with Crippen LogP contribution in [0.5, 0.6) is 11.5 Å². The molecule has 1 atom stereocenters. The summed E-state index contributed by atoms with van der Waals surface area (Å²) in [4.78, 5) is 0. The van der Waals surface area contributed by atoms with E-state index in [1.807, 2.05) is 31.2 Å². The van der Waals surface area contributed by atoms with E-state index in [1.54, 1.807) is 24.3 Å². The first-order valence-corrected chi connectivity index (χ1v) is 6.77. The van der Waals surface area contributed by atoms with E-state index in [-0.39, 0.29) is 5.75 Å². The molecule has 0 amide bonds. The molecule has 0 aliphatic carbocycles. The van der Waals surface area contributed by atoms with Crippen LogP contribution in [0.15, 0.2) is 48.5 Å². The van der Waals surface area contributed by atoms with Gasteiger partial charge in [-0.05, 0) is 36.8 Å². The molecule has 2 rings (SSSR count). The van der Waals surface area contributed by atoms with Crippen molar-refractivity contribution in [1.82, 2.24) is 0 Å². The molecule has 0 bridgehead atoms. The van der Waals surface area contributed by atoms with Crippen LogP contribution in [0.3, 0.4) is 0 Å². The van der Waals surface area contributed by atoms with Gasteiger partial charge in [0.25, 0.3) is 0 Å². The second-order valence-electron chi connectivity index (χ2n) is 4.01. The molecule has 0 aliphatic rings. The van der Waals surface area contributed by atoms with Gasteiger partial charge in [0.2, 0.25) is 0 Å². The molecule has 0 fully saturated rings. The molecule has 0 aromatic heterocycles. The predicted molar refractivity (Wildman–Crippen MR) is 70.3 cm³/mol. The second-order valence-corrected chi connectivity index (χ2v) is 4.90. The third-order valence-corrected chi connectivity index (χ3v) is 3.03. The van der Waals surface area contributed by atoms with Crippen molar-refractivity contribution in [3.63, 3.8) is 0 Å². The molecular weight excluding hydrogens is 248 g/mol. The molecule has 1 unspecified atom stereocenters. The van der Waals surface area contributed by atoms with Crippen molar-refractivity contribution >= 4 is 11.1 Å². The van der Waals surface area contributed by atoms with Gasteiger partial charge in [-0.3, -0.25) is 4.21 Å². The first-order chi connectivity index (χ1) is 8.63. The van der Waals surface area contributed by atoms with E-state index in [0.717, 1.165) is 11.3 Å². The Morgan fingerprint density at radius 2 is 1.50 bits per heavy atom. The van der Waals surface area contributed by atoms with E-state index in [4.69, 9.17) is 4.74 Å². The molecule has 94 valence electrons. The highest BCUT2D eigenvalue weighted by atomic mass is 32.2. The minimum absolute atomic E-state index is 0.0326. The van der Waals surface area contributed by atoms with Crippen LogP contribution in [-0.4, -0.2) is 8.76 Å². The minimum atomic E-state index is -2.05. The van der Waals surface area contributed by atoms with Crippen molar-refractivity contribution < 1.29 is 13.5 Å². The molecule has 0 saturated carbocycles. The van der Waals surface area contributed by atoms with Crippen LogP contribution >= 0.6 is 0 Å². The average molecular weight is 261 g/mol. The van der Waals surface area contributed by atoms with Gasteiger partial charge in [0.1, 0.15) is 11.5 Å². The number of rotatable bonds is 4. The van der Waals surface area contributed by atoms with Gasteiger partial charge in [0.15, 0.2) is 0 Å². The van der Waals surface area contributed by atoms with Crippen molar-refractivity contribution in [2.24, 2.45) is 0 Å². The van der Waals surface area contributed by atoms with Crippen molar-refractivity contribution in [2.45, 2.75) is 12.7 Å². The van der Waals surface area contributed by atoms with E-state index in [2.05, 4.69) is 0 Å². The summed E-state index contributed by atoms with van der Waals surface area (Å²) >= 11 is -2.05. The Bertz CT molecular complexity index is 532. The van der Waals surface area contributed by atoms with E-state index in [0.29, 0.717) is 5.75 Å². The van der Waals surface area contributed by atoms with Crippen molar-refractivity contribution in [2.75, 3.05) is 0 Å². The fourth-order valence-corrected chi connectivity index (χ4v) is 2.00. The Balaban J connectivity index is 2.06. The molecule has 2 aromatic carbocycles. The summed E-state index contributed by atoms with van der Waals surface area (Å²) in [6.07, 6.45) is 0. The lowest BCUT2D eigenvalue weighted by Gasteiger charge is -2.08. The standard InChI is InChI=1S/C14H14O3S/c1-11-2-6-13(7-3-11)17-14-8-4-12(5-9-14)10-18(15)16/h2-9H,10H2,1H3,(H,15,16)/p-1. The lowest BCUT2D eigenvalue weighted by atomic mass is 10.2. The van der Waals surface area contributed by atoms with Gasteiger partial charge >= 0.3 is 0 Å². The van der Waals surface area contributed by atoms with E-state index >= 15 is 0 Å². The lowest BCUT2D eigenvalue weighted by molar-refractivity contribution is 0.482. The third kappa shape index (κ3) is 3.68. The summed E-state index contributed by atoms with van der Waals surface area (Å²) < 4.78 is 26.7. The van der Waals surface area contributed by atoms with Crippen LogP contribution in [0.2, 0.25) is 0 Å². The van der Waals surface area contributed by atoms with Crippen molar-refractivity contribution in [3.05, 3.63) is 59.7 Å². The number of benzene rings is 2. The molecule has 3 nitrogen and oxygen atoms in total. The van der Waals surface area contributed by atoms with Gasteiger partial charge in [0, 0.05) is 5.75 Å². The highest BCUT2D eigenvalue weighted by Gasteiger charge is 1.98. The maximum absolute atomic E-state index is 10.5. The fraction of sp³-hybridized carbons (Fsp3) is 0.143. The van der Waals surface area contributed by atoms with Gasteiger partial charge in [-0.25, -0.2) is 0 Å². The van der Waals surface area contributed by atoms with Gasteiger partial charge in [-0.15, -0.1) is 0 Å². The van der Waals surface area contributed by atoms with Crippen LogP contribution in [0.25, 0.3) is 0 Å². The normalized spacial score (nSPS) is 12.1. The minimum Gasteiger partial charge on any atom is -0.772 e. The number of hydrogen-bond donors (Lipinski definition) is 0. The molecule has 0 spiro atoms. The Morgan fingerprint density at radius 3 is 2.00 bits per heavy atom. The van der Waals surface area contributed by atoms with Gasteiger partial charge in [-0.2, -0.15) is 0 Å². The van der Waals surface area contributed by atoms with Crippen molar-refractivity contribution in [1.29, 1.82) is 0 Å². The Labute approximate surface area is 109 Å². The van der Waals surface area contributed by atoms with Crippen LogP contribution in [0.1, 0.15) is 11.1 Å². The Kier molecular flexibility index (Phi) is 4.12. The molecule has 0 N–H and O–H groups in total. The highest BCUT2D eigenvalue weighted by Crippen LogP contribution is 2.22. The number of aryl methyl sites for hydroxylation is 1. The highest BCUT2D eigenvalue weighted by molar-refractivity contribution is 7.78. The molecule has 0 radical (unpaired) electrons. The maximum Gasteiger partial charge on any atom is 0.127 e. The maximum atomic E-state index is 10.5. The summed E-state index contributed by atoms with van der Waals surface area (Å²) in [7, 11) is 0. The second kappa shape index (κ2) is 5.80. The largest absolute Gasteiger partial charge is 0.772 e. The molecule has 18 heavy (non-hydrogen) atoms. The fourth-order valence-electron chi connectivity index (χ4n) is 1.53. The van der Waals surface area contributed by atoms with Crippen LogP contribution in [-0.2, 0) is 16.8 Å². The molecule has 2 aromatic rings. The summed E-state index contributed by atoms with van der Waals surface area (Å²) in [5.41, 5.74) is 1.93. The lowest BCUT2D eigenvalue weighted by Crippen LogP contribution is -1.93. The monoisotopic (exact) mass is 261 g/mol. The molecule has 0 aliphatic heterocycles. The molecule has 4 heteroatoms. The zero-order chi connectivity index (χ0) is 13.0. The Hall–Kier alpha value is -1.65. The molecular formula is C14H13O3S-. The van der Waals surface area contributed by atoms with Gasteiger partial charge in [0.05, 0.1) is 0 Å². The topological polar surface area (TPSA) is 49.4 Å². The van der Waals surface area contributed by atoms with Crippen LogP contribution in [0, 0.1) is 6.92 Å². The summed E-state index contributed by atoms with van der Waals surface area (Å²) in [5, 5.41) is 0. The quantitative estimate of drug-likeness (QED) is 0.794. The van der Waals surface area contributed by atoms with Gasteiger partial charge in [-0.1, -0.05) is 40.9 Å². The third-order valence-electron chi connectivity index (χ3n) is 2.46. The predicted octanol–water partition coefficient (Wildman–Crippen LogP) is 3.17. The van der Waals surface area contributed by atoms with E-state index < -0.39 is 11.1 Å². The van der Waals surface area contributed by atoms with Crippen LogP contribution < -0.4 is 4.74 Å². The average Bonchev–Trinajstić information content (AvgIpc) is 2.34.